The average Bonchev–Trinajstić information content (AvgIpc) is 2.99. The third-order valence-electron chi connectivity index (χ3n) is 4.39. The molecule has 0 radical (unpaired) electrons. The molecule has 0 bridgehead atoms. The van der Waals surface area contributed by atoms with Gasteiger partial charge in [0.1, 0.15) is 15.5 Å². The summed E-state index contributed by atoms with van der Waals surface area (Å²) in [5.74, 6) is -1.20. The number of aromatic nitrogens is 1. The van der Waals surface area contributed by atoms with Crippen LogP contribution in [0.4, 0.5) is 0 Å². The summed E-state index contributed by atoms with van der Waals surface area (Å²) in [6.45, 7) is 8.83. The van der Waals surface area contributed by atoms with Gasteiger partial charge in [-0.25, -0.2) is 22.3 Å². The minimum Gasteiger partial charge on any atom is -0.310 e. The molecule has 0 saturated carbocycles. The Balaban J connectivity index is 2.99. The van der Waals surface area contributed by atoms with E-state index in [1.807, 2.05) is 13.8 Å². The van der Waals surface area contributed by atoms with Gasteiger partial charge in [-0.1, -0.05) is 33.8 Å². The van der Waals surface area contributed by atoms with Crippen LogP contribution in [0.2, 0.25) is 0 Å². The van der Waals surface area contributed by atoms with Gasteiger partial charge < -0.3 is 4.40 Å². The molecule has 1 amide bonds. The molecule has 2 heterocycles. The lowest BCUT2D eigenvalue weighted by molar-refractivity contribution is 0.0945. The van der Waals surface area contributed by atoms with Crippen molar-refractivity contribution in [2.75, 3.05) is 11.5 Å². The van der Waals surface area contributed by atoms with Crippen LogP contribution in [0.15, 0.2) is 33.2 Å². The Kier molecular flexibility index (Phi) is 7.46. The van der Waals surface area contributed by atoms with Gasteiger partial charge in [-0.3, -0.25) is 4.79 Å². The fourth-order valence-corrected chi connectivity index (χ4v) is 7.29. The van der Waals surface area contributed by atoms with E-state index in [-0.39, 0.29) is 40.0 Å². The molecule has 8 nitrogen and oxygen atoms in total. The zero-order valence-electron chi connectivity index (χ0n) is 18.0. The summed E-state index contributed by atoms with van der Waals surface area (Å²) in [6.07, 6.45) is 3.61. The summed E-state index contributed by atoms with van der Waals surface area (Å²) in [4.78, 5) is 12.3. The second-order valence-corrected chi connectivity index (χ2v) is 11.6. The molecule has 0 aromatic carbocycles. The first-order valence-corrected chi connectivity index (χ1v) is 13.2. The summed E-state index contributed by atoms with van der Waals surface area (Å²) in [6, 6.07) is 3.33. The van der Waals surface area contributed by atoms with Crippen LogP contribution < -0.4 is 5.43 Å². The van der Waals surface area contributed by atoms with Crippen LogP contribution >= 0.6 is 0 Å². The van der Waals surface area contributed by atoms with Crippen molar-refractivity contribution in [3.05, 3.63) is 29.6 Å². The van der Waals surface area contributed by atoms with Gasteiger partial charge in [0.05, 0.1) is 17.0 Å². The first-order chi connectivity index (χ1) is 14.0. The molecule has 10 heteroatoms. The highest BCUT2D eigenvalue weighted by Crippen LogP contribution is 2.35. The summed E-state index contributed by atoms with van der Waals surface area (Å²) in [5.41, 5.74) is 2.87. The third kappa shape index (κ3) is 4.75. The molecule has 0 unspecified atom stereocenters. The zero-order chi connectivity index (χ0) is 22.7. The molecule has 0 aliphatic rings. The molecule has 166 valence electrons. The highest BCUT2D eigenvalue weighted by atomic mass is 32.2. The fraction of sp³-hybridized carbons (Fsp3) is 0.500. The van der Waals surface area contributed by atoms with E-state index in [9.17, 15) is 21.6 Å². The first kappa shape index (κ1) is 24.1. The number of nitrogens with zero attached hydrogens (tertiary/aromatic N) is 2. The van der Waals surface area contributed by atoms with Crippen LogP contribution in [0, 0.1) is 12.8 Å². The molecule has 1 N–H and O–H groups in total. The van der Waals surface area contributed by atoms with Crippen molar-refractivity contribution in [2.24, 2.45) is 11.0 Å². The van der Waals surface area contributed by atoms with Crippen LogP contribution in [0.3, 0.4) is 0 Å². The summed E-state index contributed by atoms with van der Waals surface area (Å²) < 4.78 is 54.1. The van der Waals surface area contributed by atoms with Crippen molar-refractivity contribution in [2.45, 2.75) is 57.3 Å². The lowest BCUT2D eigenvalue weighted by Crippen LogP contribution is -2.23. The zero-order valence-corrected chi connectivity index (χ0v) is 19.6. The summed E-state index contributed by atoms with van der Waals surface area (Å²) >= 11 is 0. The maximum absolute atomic E-state index is 13.2. The molecule has 2 aromatic heterocycles. The molecule has 0 atom stereocenters. The van der Waals surface area contributed by atoms with Gasteiger partial charge in [0.2, 0.25) is 0 Å². The SMILES string of the molecule is CCCS(=O)(=O)c1c(S(=O)(=O)CCC)c2c(C)cccn2c1C(=O)N/N=C\C(C)C. The van der Waals surface area contributed by atoms with Crippen LogP contribution in [0.5, 0.6) is 0 Å². The monoisotopic (exact) mass is 455 g/mol. The number of sulfone groups is 2. The molecule has 0 spiro atoms. The summed E-state index contributed by atoms with van der Waals surface area (Å²) in [7, 11) is -8.01. The van der Waals surface area contributed by atoms with Gasteiger partial charge in [0.15, 0.2) is 19.7 Å². The topological polar surface area (TPSA) is 114 Å². The quantitative estimate of drug-likeness (QED) is 0.461. The number of hydrogen-bond acceptors (Lipinski definition) is 6. The molecular weight excluding hydrogens is 426 g/mol. The van der Waals surface area contributed by atoms with Gasteiger partial charge in [-0.2, -0.15) is 5.10 Å². The van der Waals surface area contributed by atoms with Gasteiger partial charge in [0.25, 0.3) is 5.91 Å². The number of carbonyl (C=O) groups is 1. The van der Waals surface area contributed by atoms with Crippen molar-refractivity contribution in [3.63, 3.8) is 0 Å². The van der Waals surface area contributed by atoms with Gasteiger partial charge in [-0.15, -0.1) is 0 Å². The standard InChI is InChI=1S/C20H29N3O5S2/c1-6-11-29(25,26)18-16-15(5)9-8-10-23(16)17(19(18)30(27,28)12-7-2)20(24)22-21-13-14(3)4/h8-10,13-14H,6-7,11-12H2,1-5H3,(H,22,24)/b21-13-. The normalized spacial score (nSPS) is 12.9. The Morgan fingerprint density at radius 3 is 2.20 bits per heavy atom. The van der Waals surface area contributed by atoms with E-state index in [0.29, 0.717) is 12.0 Å². The number of fused-ring (bicyclic) bond motifs is 1. The number of pyridine rings is 1. The number of aryl methyl sites for hydroxylation is 1. The number of rotatable bonds is 9. The minimum absolute atomic E-state index is 0.0698. The van der Waals surface area contributed by atoms with E-state index in [4.69, 9.17) is 0 Å². The van der Waals surface area contributed by atoms with Crippen molar-refractivity contribution < 1.29 is 21.6 Å². The Labute approximate surface area is 178 Å². The third-order valence-corrected chi connectivity index (χ3v) is 8.45. The molecule has 0 aliphatic heterocycles. The van der Waals surface area contributed by atoms with Crippen molar-refractivity contribution in [1.29, 1.82) is 0 Å². The van der Waals surface area contributed by atoms with Gasteiger partial charge in [-0.05, 0) is 37.3 Å². The van der Waals surface area contributed by atoms with Gasteiger partial charge in [0, 0.05) is 12.4 Å². The molecule has 0 aliphatic carbocycles. The molecule has 2 aromatic rings. The van der Waals surface area contributed by atoms with Crippen molar-refractivity contribution >= 4 is 37.3 Å². The van der Waals surface area contributed by atoms with E-state index in [2.05, 4.69) is 10.5 Å². The van der Waals surface area contributed by atoms with E-state index < -0.39 is 30.5 Å². The lowest BCUT2D eigenvalue weighted by atomic mass is 10.2. The van der Waals surface area contributed by atoms with Crippen LogP contribution in [-0.2, 0) is 19.7 Å². The Hall–Kier alpha value is -2.20. The van der Waals surface area contributed by atoms with Crippen molar-refractivity contribution in [3.8, 4) is 0 Å². The number of hydrogen-bond donors (Lipinski definition) is 1. The predicted octanol–water partition coefficient (Wildman–Crippen LogP) is 2.99. The van der Waals surface area contributed by atoms with E-state index in [1.54, 1.807) is 32.9 Å². The largest absolute Gasteiger partial charge is 0.310 e. The maximum atomic E-state index is 13.2. The van der Waals surface area contributed by atoms with Crippen molar-refractivity contribution in [1.82, 2.24) is 9.83 Å². The first-order valence-electron chi connectivity index (χ1n) is 9.90. The number of carbonyl (C=O) groups excluding carboxylic acids is 1. The molecule has 0 fully saturated rings. The lowest BCUT2D eigenvalue weighted by Gasteiger charge is -2.09. The second-order valence-electron chi connectivity index (χ2n) is 7.52. The molecular formula is C20H29N3O5S2. The molecule has 0 saturated heterocycles. The van der Waals surface area contributed by atoms with Crippen LogP contribution in [-0.4, -0.2) is 44.9 Å². The number of amides is 1. The van der Waals surface area contributed by atoms with E-state index >= 15 is 0 Å². The Morgan fingerprint density at radius 2 is 1.67 bits per heavy atom. The Bertz CT molecular complexity index is 1180. The van der Waals surface area contributed by atoms with E-state index in [0.717, 1.165) is 0 Å². The fourth-order valence-electron chi connectivity index (χ4n) is 3.25. The smallest absolute Gasteiger partial charge is 0.289 e. The minimum atomic E-state index is -4.05. The second kappa shape index (κ2) is 9.30. The predicted molar refractivity (Wildman–Crippen MR) is 118 cm³/mol. The van der Waals surface area contributed by atoms with Gasteiger partial charge >= 0.3 is 0 Å². The van der Waals surface area contributed by atoms with Crippen LogP contribution in [0.25, 0.3) is 5.52 Å². The highest BCUT2D eigenvalue weighted by molar-refractivity contribution is 7.94. The molecule has 2 rings (SSSR count). The number of nitrogens with one attached hydrogen (secondary N) is 1. The van der Waals surface area contributed by atoms with Crippen LogP contribution in [0.1, 0.15) is 56.6 Å². The molecule has 30 heavy (non-hydrogen) atoms. The number of hydrazone groups is 1. The summed E-state index contributed by atoms with van der Waals surface area (Å²) in [5, 5.41) is 3.87. The Morgan fingerprint density at radius 1 is 1.10 bits per heavy atom. The maximum Gasteiger partial charge on any atom is 0.289 e. The highest BCUT2D eigenvalue weighted by Gasteiger charge is 2.37. The van der Waals surface area contributed by atoms with E-state index in [1.165, 1.54) is 16.8 Å². The average molecular weight is 456 g/mol.